The van der Waals surface area contributed by atoms with Crippen molar-refractivity contribution < 1.29 is 4.79 Å². The second-order valence-electron chi connectivity index (χ2n) is 5.62. The van der Waals surface area contributed by atoms with Gasteiger partial charge in [0.15, 0.2) is 0 Å². The van der Waals surface area contributed by atoms with Gasteiger partial charge in [0, 0.05) is 17.8 Å². The van der Waals surface area contributed by atoms with Crippen LogP contribution in [0.5, 0.6) is 0 Å². The summed E-state index contributed by atoms with van der Waals surface area (Å²) in [6, 6.07) is 8.43. The Hall–Kier alpha value is -1.78. The van der Waals surface area contributed by atoms with Crippen LogP contribution in [0.15, 0.2) is 36.5 Å². The maximum atomic E-state index is 12.2. The molecule has 0 fully saturated rings. The fourth-order valence-corrected chi connectivity index (χ4v) is 2.36. The maximum absolute atomic E-state index is 12.2. The zero-order chi connectivity index (χ0) is 16.8. The summed E-state index contributed by atoms with van der Waals surface area (Å²) < 4.78 is 0. The molecule has 0 aliphatic heterocycles. The third-order valence-corrected chi connectivity index (χ3v) is 3.78. The summed E-state index contributed by atoms with van der Waals surface area (Å²) in [5.74, 6) is 1.12. The molecule has 6 heteroatoms. The molecule has 0 radical (unpaired) electrons. The minimum absolute atomic E-state index is 0.268. The van der Waals surface area contributed by atoms with Crippen molar-refractivity contribution in [2.24, 2.45) is 5.92 Å². The minimum Gasteiger partial charge on any atom is -0.370 e. The number of carbonyl (C=O) groups excluding carboxylic acids is 1. The van der Waals surface area contributed by atoms with E-state index in [0.717, 1.165) is 18.8 Å². The SMILES string of the molecule is CC(C)CCNc1ccc(C(=O)Nc2ccc(Cl)cc2Cl)cn1. The monoisotopic (exact) mass is 351 g/mol. The van der Waals surface area contributed by atoms with Crippen molar-refractivity contribution >= 4 is 40.6 Å². The highest BCUT2D eigenvalue weighted by Gasteiger charge is 2.09. The summed E-state index contributed by atoms with van der Waals surface area (Å²) in [5, 5.41) is 6.88. The second-order valence-corrected chi connectivity index (χ2v) is 6.46. The number of hydrogen-bond acceptors (Lipinski definition) is 3. The summed E-state index contributed by atoms with van der Waals surface area (Å²) in [6.45, 7) is 5.20. The molecule has 0 saturated carbocycles. The molecule has 122 valence electrons. The quantitative estimate of drug-likeness (QED) is 0.761. The summed E-state index contributed by atoms with van der Waals surface area (Å²) in [4.78, 5) is 16.5. The Morgan fingerprint density at radius 1 is 1.22 bits per heavy atom. The molecule has 1 aromatic carbocycles. The molecule has 2 N–H and O–H groups in total. The molecule has 0 atom stereocenters. The van der Waals surface area contributed by atoms with Gasteiger partial charge in [-0.25, -0.2) is 4.98 Å². The van der Waals surface area contributed by atoms with Gasteiger partial charge in [0.1, 0.15) is 5.82 Å². The number of rotatable bonds is 6. The van der Waals surface area contributed by atoms with Gasteiger partial charge in [-0.2, -0.15) is 0 Å². The summed E-state index contributed by atoms with van der Waals surface area (Å²) >= 11 is 11.9. The summed E-state index contributed by atoms with van der Waals surface area (Å²) in [5.41, 5.74) is 0.977. The molecule has 0 aliphatic rings. The Labute approximate surface area is 146 Å². The molecule has 0 unspecified atom stereocenters. The van der Waals surface area contributed by atoms with E-state index in [1.165, 1.54) is 6.20 Å². The largest absolute Gasteiger partial charge is 0.370 e. The molecule has 4 nitrogen and oxygen atoms in total. The zero-order valence-corrected chi connectivity index (χ0v) is 14.6. The first-order valence-electron chi connectivity index (χ1n) is 7.42. The molecule has 0 spiro atoms. The van der Waals surface area contributed by atoms with Crippen LogP contribution in [0.3, 0.4) is 0 Å². The van der Waals surface area contributed by atoms with Gasteiger partial charge in [0.05, 0.1) is 16.3 Å². The van der Waals surface area contributed by atoms with Gasteiger partial charge in [-0.05, 0) is 42.7 Å². The number of hydrogen-bond donors (Lipinski definition) is 2. The Morgan fingerprint density at radius 3 is 2.61 bits per heavy atom. The van der Waals surface area contributed by atoms with Crippen LogP contribution in [0.4, 0.5) is 11.5 Å². The van der Waals surface area contributed by atoms with Gasteiger partial charge < -0.3 is 10.6 Å². The molecule has 0 aliphatic carbocycles. The average molecular weight is 352 g/mol. The Kier molecular flexibility index (Phi) is 6.25. The Morgan fingerprint density at radius 2 is 2.00 bits per heavy atom. The van der Waals surface area contributed by atoms with E-state index in [1.54, 1.807) is 30.3 Å². The third-order valence-electron chi connectivity index (χ3n) is 3.23. The average Bonchev–Trinajstić information content (AvgIpc) is 2.50. The maximum Gasteiger partial charge on any atom is 0.257 e. The zero-order valence-electron chi connectivity index (χ0n) is 13.1. The number of aromatic nitrogens is 1. The van der Waals surface area contributed by atoms with Crippen LogP contribution in [0.2, 0.25) is 10.0 Å². The van der Waals surface area contributed by atoms with Gasteiger partial charge in [0.2, 0.25) is 0 Å². The minimum atomic E-state index is -0.268. The van der Waals surface area contributed by atoms with Gasteiger partial charge >= 0.3 is 0 Å². The van der Waals surface area contributed by atoms with Crippen molar-refractivity contribution in [1.82, 2.24) is 4.98 Å². The smallest absolute Gasteiger partial charge is 0.257 e. The van der Waals surface area contributed by atoms with E-state index in [2.05, 4.69) is 29.5 Å². The molecule has 23 heavy (non-hydrogen) atoms. The number of benzene rings is 1. The standard InChI is InChI=1S/C17H19Cl2N3O/c1-11(2)7-8-20-16-6-3-12(10-21-16)17(23)22-15-5-4-13(18)9-14(15)19/h3-6,9-11H,7-8H2,1-2H3,(H,20,21)(H,22,23). The third kappa shape index (κ3) is 5.41. The lowest BCUT2D eigenvalue weighted by Gasteiger charge is -2.09. The van der Waals surface area contributed by atoms with Crippen LogP contribution in [0, 0.1) is 5.92 Å². The van der Waals surface area contributed by atoms with E-state index in [-0.39, 0.29) is 5.91 Å². The number of pyridine rings is 1. The number of halogens is 2. The van der Waals surface area contributed by atoms with Crippen molar-refractivity contribution in [2.45, 2.75) is 20.3 Å². The number of anilines is 2. The van der Waals surface area contributed by atoms with Crippen LogP contribution in [0.25, 0.3) is 0 Å². The first kappa shape index (κ1) is 17.6. The molecule has 0 bridgehead atoms. The summed E-state index contributed by atoms with van der Waals surface area (Å²) in [7, 11) is 0. The van der Waals surface area contributed by atoms with E-state index in [0.29, 0.717) is 27.2 Å². The van der Waals surface area contributed by atoms with Gasteiger partial charge in [-0.1, -0.05) is 37.0 Å². The molecular formula is C17H19Cl2N3O. The normalized spacial score (nSPS) is 10.7. The molecule has 1 heterocycles. The van der Waals surface area contributed by atoms with Gasteiger partial charge in [-0.3, -0.25) is 4.79 Å². The number of nitrogens with one attached hydrogen (secondary N) is 2. The van der Waals surface area contributed by atoms with Gasteiger partial charge in [0.25, 0.3) is 5.91 Å². The summed E-state index contributed by atoms with van der Waals surface area (Å²) in [6.07, 6.45) is 2.61. The van der Waals surface area contributed by atoms with Crippen LogP contribution in [-0.4, -0.2) is 17.4 Å². The fraction of sp³-hybridized carbons (Fsp3) is 0.294. The highest BCUT2D eigenvalue weighted by Crippen LogP contribution is 2.25. The molecule has 0 saturated heterocycles. The first-order chi connectivity index (χ1) is 11.0. The van der Waals surface area contributed by atoms with E-state index in [9.17, 15) is 4.79 Å². The second kappa shape index (κ2) is 8.18. The molecule has 2 rings (SSSR count). The van der Waals surface area contributed by atoms with Crippen LogP contribution < -0.4 is 10.6 Å². The van der Waals surface area contributed by atoms with E-state index in [4.69, 9.17) is 23.2 Å². The highest BCUT2D eigenvalue weighted by molar-refractivity contribution is 6.36. The molecule has 1 aromatic heterocycles. The first-order valence-corrected chi connectivity index (χ1v) is 8.17. The van der Waals surface area contributed by atoms with E-state index in [1.807, 2.05) is 0 Å². The highest BCUT2D eigenvalue weighted by atomic mass is 35.5. The number of nitrogens with zero attached hydrogens (tertiary/aromatic N) is 1. The Bertz CT molecular complexity index is 672. The van der Waals surface area contributed by atoms with Crippen molar-refractivity contribution in [2.75, 3.05) is 17.2 Å². The lowest BCUT2D eigenvalue weighted by molar-refractivity contribution is 0.102. The van der Waals surface area contributed by atoms with Crippen LogP contribution in [0.1, 0.15) is 30.6 Å². The lowest BCUT2D eigenvalue weighted by atomic mass is 10.1. The van der Waals surface area contributed by atoms with Gasteiger partial charge in [-0.15, -0.1) is 0 Å². The predicted molar refractivity (Wildman–Crippen MR) is 96.6 cm³/mol. The van der Waals surface area contributed by atoms with E-state index >= 15 is 0 Å². The van der Waals surface area contributed by atoms with E-state index < -0.39 is 0 Å². The number of carbonyl (C=O) groups is 1. The fourth-order valence-electron chi connectivity index (χ4n) is 1.91. The van der Waals surface area contributed by atoms with Crippen molar-refractivity contribution in [3.8, 4) is 0 Å². The van der Waals surface area contributed by atoms with Crippen molar-refractivity contribution in [3.05, 3.63) is 52.1 Å². The van der Waals surface area contributed by atoms with Crippen molar-refractivity contribution in [3.63, 3.8) is 0 Å². The molecule has 1 amide bonds. The molecular weight excluding hydrogens is 333 g/mol. The van der Waals surface area contributed by atoms with Crippen LogP contribution in [-0.2, 0) is 0 Å². The lowest BCUT2D eigenvalue weighted by Crippen LogP contribution is -2.13. The predicted octanol–water partition coefficient (Wildman–Crippen LogP) is 5.10. The topological polar surface area (TPSA) is 54.0 Å². The van der Waals surface area contributed by atoms with Crippen LogP contribution >= 0.6 is 23.2 Å². The number of amides is 1. The molecule has 2 aromatic rings. The van der Waals surface area contributed by atoms with Crippen molar-refractivity contribution in [1.29, 1.82) is 0 Å². The Balaban J connectivity index is 1.97.